The summed E-state index contributed by atoms with van der Waals surface area (Å²) in [5, 5.41) is 7.73. The molecule has 0 saturated heterocycles. The second kappa shape index (κ2) is 17.8. The minimum atomic E-state index is -2.17. The van der Waals surface area contributed by atoms with Crippen molar-refractivity contribution in [1.82, 2.24) is 4.57 Å². The first-order valence-electron chi connectivity index (χ1n) is 26.7. The summed E-state index contributed by atoms with van der Waals surface area (Å²) in [6.07, 6.45) is 0. The predicted molar refractivity (Wildman–Crippen MR) is 328 cm³/mol. The Kier molecular flexibility index (Phi) is 10.4. The maximum absolute atomic E-state index is 6.54. The number of nitrogens with zero attached hydrogens (tertiary/aromatic N) is 1. The van der Waals surface area contributed by atoms with Gasteiger partial charge in [0.25, 0.3) is 0 Å². The monoisotopic (exact) mass is 997 g/mol. The molecule has 3 heteroatoms. The van der Waals surface area contributed by atoms with Crippen LogP contribution in [-0.4, -0.2) is 12.6 Å². The molecule has 1 aliphatic rings. The third kappa shape index (κ3) is 7.53. The number of fused-ring (bicyclic) bond motifs is 9. The van der Waals surface area contributed by atoms with Gasteiger partial charge in [0.05, 0.1) is 11.0 Å². The minimum absolute atomic E-state index is 0.925. The van der Waals surface area contributed by atoms with Crippen LogP contribution in [0.15, 0.2) is 277 Å². The van der Waals surface area contributed by atoms with Crippen molar-refractivity contribution >= 4 is 62.2 Å². The average molecular weight is 998 g/mol. The normalized spacial score (nSPS) is 12.6. The number of benzene rings is 12. The van der Waals surface area contributed by atoms with Crippen LogP contribution in [0, 0.1) is 0 Å². The number of furan rings is 1. The first-order valence-corrected chi connectivity index (χ1v) is 29.7. The number of rotatable bonds is 8. The van der Waals surface area contributed by atoms with Gasteiger partial charge in [-0.05, 0) is 136 Å². The van der Waals surface area contributed by atoms with Crippen LogP contribution < -0.4 is 10.4 Å². The molecule has 14 aromatic rings. The summed E-state index contributed by atoms with van der Waals surface area (Å²) in [5.41, 5.74) is 25.0. The van der Waals surface area contributed by atoms with Gasteiger partial charge >= 0.3 is 0 Å². The van der Waals surface area contributed by atoms with Crippen molar-refractivity contribution in [2.75, 3.05) is 0 Å². The van der Waals surface area contributed by atoms with Gasteiger partial charge in [0.2, 0.25) is 0 Å². The van der Waals surface area contributed by atoms with E-state index in [1.165, 1.54) is 121 Å². The third-order valence-corrected chi connectivity index (χ3v) is 20.0. The number of hydrogen-bond donors (Lipinski definition) is 0. The number of aromatic nitrogens is 1. The lowest BCUT2D eigenvalue weighted by molar-refractivity contribution is 0.670. The fourth-order valence-electron chi connectivity index (χ4n) is 12.3. The van der Waals surface area contributed by atoms with Crippen LogP contribution in [0.25, 0.3) is 138 Å². The van der Waals surface area contributed by atoms with E-state index in [1.54, 1.807) is 0 Å². The van der Waals surface area contributed by atoms with Gasteiger partial charge in [0.1, 0.15) is 19.2 Å². The van der Waals surface area contributed by atoms with E-state index in [0.717, 1.165) is 27.5 Å². The standard InChI is InChI=1S/C74H51NOSi/c1-77(2)72-46-60(62-17-11-18-66-63-16-9-10-19-71(63)76-74(62)66)36-40-64(72)65-41-39-61(47-73(65)77)75-69-42-37-58(56-32-28-54(29-33-56)52-24-20-50(21-25-52)48-12-5-3-6-13-48)44-67(69)68-45-59(38-43-70(68)75)57-34-30-55(31-35-57)53-26-22-51(23-27-53)49-14-7-4-8-15-49/h3-47H,1-2H3. The van der Waals surface area contributed by atoms with Crippen molar-refractivity contribution in [3.63, 3.8) is 0 Å². The Labute approximate surface area is 449 Å². The van der Waals surface area contributed by atoms with Crippen LogP contribution in [0.5, 0.6) is 0 Å². The van der Waals surface area contributed by atoms with Crippen LogP contribution in [0.2, 0.25) is 13.1 Å². The van der Waals surface area contributed by atoms with Gasteiger partial charge < -0.3 is 8.98 Å². The lowest BCUT2D eigenvalue weighted by atomic mass is 9.96. The van der Waals surface area contributed by atoms with Gasteiger partial charge in [-0.25, -0.2) is 0 Å². The molecule has 362 valence electrons. The zero-order valence-corrected chi connectivity index (χ0v) is 43.8. The van der Waals surface area contributed by atoms with Gasteiger partial charge in [-0.3, -0.25) is 0 Å². The van der Waals surface area contributed by atoms with E-state index >= 15 is 0 Å². The first kappa shape index (κ1) is 44.9. The summed E-state index contributed by atoms with van der Waals surface area (Å²) >= 11 is 0. The van der Waals surface area contributed by atoms with Crippen LogP contribution >= 0.6 is 0 Å². The molecule has 3 heterocycles. The summed E-state index contributed by atoms with van der Waals surface area (Å²) in [6.45, 7) is 5.04. The molecule has 0 unspecified atom stereocenters. The lowest BCUT2D eigenvalue weighted by Gasteiger charge is -2.20. The van der Waals surface area contributed by atoms with Crippen LogP contribution in [0.3, 0.4) is 0 Å². The summed E-state index contributed by atoms with van der Waals surface area (Å²) in [7, 11) is -2.17. The topological polar surface area (TPSA) is 18.1 Å². The highest BCUT2D eigenvalue weighted by atomic mass is 28.3. The van der Waals surface area contributed by atoms with Gasteiger partial charge in [-0.15, -0.1) is 0 Å². The van der Waals surface area contributed by atoms with E-state index in [-0.39, 0.29) is 0 Å². The second-order valence-electron chi connectivity index (χ2n) is 21.2. The Balaban J connectivity index is 0.808. The van der Waals surface area contributed by atoms with Gasteiger partial charge in [-0.1, -0.05) is 244 Å². The highest BCUT2D eigenvalue weighted by Crippen LogP contribution is 2.41. The van der Waals surface area contributed by atoms with Crippen molar-refractivity contribution in [2.45, 2.75) is 13.1 Å². The Morgan fingerprint density at radius 2 is 0.662 bits per heavy atom. The molecule has 77 heavy (non-hydrogen) atoms. The van der Waals surface area contributed by atoms with Crippen molar-refractivity contribution in [3.05, 3.63) is 273 Å². The van der Waals surface area contributed by atoms with Crippen LogP contribution in [0.1, 0.15) is 0 Å². The lowest BCUT2D eigenvalue weighted by Crippen LogP contribution is -2.49. The van der Waals surface area contributed by atoms with Crippen LogP contribution in [-0.2, 0) is 0 Å². The molecule has 2 nitrogen and oxygen atoms in total. The molecule has 0 bridgehead atoms. The Bertz CT molecular complexity index is 4400. The molecule has 0 amide bonds. The number of hydrogen-bond acceptors (Lipinski definition) is 1. The molecule has 15 rings (SSSR count). The molecular formula is C74H51NOSi. The minimum Gasteiger partial charge on any atom is -0.455 e. The van der Waals surface area contributed by atoms with E-state index in [0.29, 0.717) is 0 Å². The molecule has 0 atom stereocenters. The van der Waals surface area contributed by atoms with Crippen molar-refractivity contribution in [2.24, 2.45) is 0 Å². The summed E-state index contributed by atoms with van der Waals surface area (Å²) in [6, 6.07) is 101. The highest BCUT2D eigenvalue weighted by molar-refractivity contribution is 7.03. The zero-order chi connectivity index (χ0) is 51.2. The van der Waals surface area contributed by atoms with E-state index in [9.17, 15) is 0 Å². The second-order valence-corrected chi connectivity index (χ2v) is 25.6. The Hall–Kier alpha value is -9.54. The Morgan fingerprint density at radius 3 is 1.17 bits per heavy atom. The van der Waals surface area contributed by atoms with Crippen LogP contribution in [0.4, 0.5) is 0 Å². The smallest absolute Gasteiger partial charge is 0.143 e. The predicted octanol–water partition coefficient (Wildman–Crippen LogP) is 19.2. The van der Waals surface area contributed by atoms with Gasteiger partial charge in [-0.2, -0.15) is 0 Å². The SMILES string of the molecule is C[Si]1(C)c2cc(-c3cccc4c3oc3ccccc34)ccc2-c2ccc(-n3c4ccc(-c5ccc(-c6ccc(-c7ccccc7)cc6)cc5)cc4c4cc(-c5ccc(-c6ccc(-c7ccccc7)cc6)cc5)ccc43)cc21. The molecular weight excluding hydrogens is 947 g/mol. The van der Waals surface area contributed by atoms with E-state index in [1.807, 2.05) is 6.07 Å². The molecule has 12 aromatic carbocycles. The third-order valence-electron chi connectivity index (χ3n) is 16.5. The maximum atomic E-state index is 6.54. The molecule has 1 aliphatic heterocycles. The molecule has 0 radical (unpaired) electrons. The number of para-hydroxylation sites is 2. The summed E-state index contributed by atoms with van der Waals surface area (Å²) < 4.78 is 9.05. The Morgan fingerprint density at radius 1 is 0.273 bits per heavy atom. The molecule has 2 aromatic heterocycles. The fourth-order valence-corrected chi connectivity index (χ4v) is 15.4. The van der Waals surface area contributed by atoms with Crippen molar-refractivity contribution < 1.29 is 4.42 Å². The molecule has 0 spiro atoms. The van der Waals surface area contributed by atoms with Crippen molar-refractivity contribution in [3.8, 4) is 94.7 Å². The van der Waals surface area contributed by atoms with E-state index < -0.39 is 8.07 Å². The summed E-state index contributed by atoms with van der Waals surface area (Å²) in [5.74, 6) is 0. The maximum Gasteiger partial charge on any atom is 0.143 e. The highest BCUT2D eigenvalue weighted by Gasteiger charge is 2.38. The molecule has 0 saturated carbocycles. The molecule has 0 aliphatic carbocycles. The molecule has 0 fully saturated rings. The average Bonchev–Trinajstić information content (AvgIpc) is 4.20. The largest absolute Gasteiger partial charge is 0.455 e. The first-order chi connectivity index (χ1) is 37.9. The quantitative estimate of drug-likeness (QED) is 0.139. The fraction of sp³-hybridized carbons (Fsp3) is 0.0270. The van der Waals surface area contributed by atoms with Gasteiger partial charge in [0.15, 0.2) is 0 Å². The van der Waals surface area contributed by atoms with Gasteiger partial charge in [0, 0.05) is 32.8 Å². The van der Waals surface area contributed by atoms with E-state index in [4.69, 9.17) is 4.42 Å². The summed E-state index contributed by atoms with van der Waals surface area (Å²) in [4.78, 5) is 0. The van der Waals surface area contributed by atoms with Crippen molar-refractivity contribution in [1.29, 1.82) is 0 Å². The molecule has 0 N–H and O–H groups in total. The zero-order valence-electron chi connectivity index (χ0n) is 42.8. The van der Waals surface area contributed by atoms with E-state index in [2.05, 4.69) is 285 Å².